The largest absolute Gasteiger partial charge is 0.497 e. The first-order chi connectivity index (χ1) is 21.3. The van der Waals surface area contributed by atoms with E-state index in [2.05, 4.69) is 5.32 Å². The molecule has 1 aliphatic heterocycles. The molecule has 0 fully saturated rings. The van der Waals surface area contributed by atoms with Crippen LogP contribution in [0.3, 0.4) is 0 Å². The van der Waals surface area contributed by atoms with E-state index in [0.717, 1.165) is 33.6 Å². The van der Waals surface area contributed by atoms with Gasteiger partial charge in [0.2, 0.25) is 5.91 Å². The van der Waals surface area contributed by atoms with Gasteiger partial charge in [-0.2, -0.15) is 4.99 Å². The normalized spacial score (nSPS) is 12.7. The molecule has 2 N–H and O–H groups in total. The monoisotopic (exact) mass is 592 g/mol. The number of carboxylic acid groups (broad SMARTS) is 1. The van der Waals surface area contributed by atoms with Crippen molar-refractivity contribution in [2.24, 2.45) is 4.99 Å². The van der Waals surface area contributed by atoms with Crippen molar-refractivity contribution in [2.45, 2.75) is 39.1 Å². The average molecular weight is 593 g/mol. The SMILES string of the molecule is COc1ccc(C[C@H](NC2=Nc3ccc(N(Cc4ccccc4)C(=O)O)c(C)c3CO2)C(=O)N(C)Cc2ccccc2)cc1. The summed E-state index contributed by atoms with van der Waals surface area (Å²) in [6.45, 7) is 2.74. The van der Waals surface area contributed by atoms with Gasteiger partial charge in [-0.3, -0.25) is 9.69 Å². The molecule has 9 nitrogen and oxygen atoms in total. The van der Waals surface area contributed by atoms with Crippen LogP contribution in [-0.4, -0.2) is 48.2 Å². The Morgan fingerprint density at radius 3 is 2.16 bits per heavy atom. The van der Waals surface area contributed by atoms with Crippen LogP contribution >= 0.6 is 0 Å². The Balaban J connectivity index is 1.38. The number of carbonyl (C=O) groups is 2. The highest BCUT2D eigenvalue weighted by molar-refractivity contribution is 5.91. The van der Waals surface area contributed by atoms with E-state index < -0.39 is 12.1 Å². The summed E-state index contributed by atoms with van der Waals surface area (Å²) in [4.78, 5) is 33.7. The number of hydrogen-bond donors (Lipinski definition) is 2. The second-order valence-electron chi connectivity index (χ2n) is 10.7. The molecule has 1 heterocycles. The number of carbonyl (C=O) groups excluding carboxylic acids is 1. The van der Waals surface area contributed by atoms with Crippen molar-refractivity contribution in [3.63, 3.8) is 0 Å². The Morgan fingerprint density at radius 1 is 0.909 bits per heavy atom. The van der Waals surface area contributed by atoms with E-state index in [1.54, 1.807) is 31.2 Å². The van der Waals surface area contributed by atoms with Gasteiger partial charge >= 0.3 is 6.09 Å². The predicted molar refractivity (Wildman–Crippen MR) is 170 cm³/mol. The number of benzene rings is 4. The van der Waals surface area contributed by atoms with Crippen molar-refractivity contribution < 1.29 is 24.2 Å². The molecule has 1 atom stereocenters. The van der Waals surface area contributed by atoms with E-state index in [1.807, 2.05) is 91.9 Å². The summed E-state index contributed by atoms with van der Waals surface area (Å²) < 4.78 is 11.3. The minimum Gasteiger partial charge on any atom is -0.497 e. The third-order valence-electron chi connectivity index (χ3n) is 7.66. The molecule has 5 rings (SSSR count). The standard InChI is InChI=1S/C35H36N4O5/c1-24-29-23-44-34(36-30(29)18-19-32(24)39(35(41)42)22-27-12-8-5-9-13-27)37-31(20-25-14-16-28(43-3)17-15-25)33(40)38(2)21-26-10-6-4-7-11-26/h4-19,31H,20-23H2,1-3H3,(H,36,37)(H,41,42)/t31-/m0/s1. The van der Waals surface area contributed by atoms with E-state index in [0.29, 0.717) is 24.3 Å². The molecule has 0 unspecified atom stereocenters. The van der Waals surface area contributed by atoms with Crippen LogP contribution in [0.5, 0.6) is 5.75 Å². The molecule has 2 amide bonds. The quantitative estimate of drug-likeness (QED) is 0.232. The number of fused-ring (bicyclic) bond motifs is 1. The second kappa shape index (κ2) is 13.8. The molecular weight excluding hydrogens is 556 g/mol. The topological polar surface area (TPSA) is 104 Å². The molecule has 9 heteroatoms. The van der Waals surface area contributed by atoms with Crippen molar-refractivity contribution in [1.82, 2.24) is 10.2 Å². The van der Waals surface area contributed by atoms with Gasteiger partial charge in [-0.15, -0.1) is 0 Å². The molecule has 0 bridgehead atoms. The lowest BCUT2D eigenvalue weighted by atomic mass is 10.0. The number of hydrogen-bond acceptors (Lipinski definition) is 6. The van der Waals surface area contributed by atoms with Crippen LogP contribution in [0.15, 0.2) is 102 Å². The fraction of sp³-hybridized carbons (Fsp3) is 0.229. The van der Waals surface area contributed by atoms with Crippen LogP contribution in [-0.2, 0) is 35.6 Å². The zero-order valence-electron chi connectivity index (χ0n) is 25.1. The fourth-order valence-electron chi connectivity index (χ4n) is 5.24. The van der Waals surface area contributed by atoms with Gasteiger partial charge in [-0.25, -0.2) is 4.79 Å². The Labute approximate surface area is 257 Å². The Hall–Kier alpha value is -5.31. The smallest absolute Gasteiger partial charge is 0.412 e. The molecular formula is C35H36N4O5. The minimum atomic E-state index is -1.04. The number of methoxy groups -OCH3 is 1. The highest BCUT2D eigenvalue weighted by atomic mass is 16.5. The summed E-state index contributed by atoms with van der Waals surface area (Å²) in [6, 6.07) is 30.1. The molecule has 226 valence electrons. The predicted octanol–water partition coefficient (Wildman–Crippen LogP) is 6.07. The zero-order valence-corrected chi connectivity index (χ0v) is 25.1. The van der Waals surface area contributed by atoms with Crippen LogP contribution in [0, 0.1) is 6.92 Å². The van der Waals surface area contributed by atoms with E-state index >= 15 is 0 Å². The summed E-state index contributed by atoms with van der Waals surface area (Å²) >= 11 is 0. The lowest BCUT2D eigenvalue weighted by Gasteiger charge is -2.28. The van der Waals surface area contributed by atoms with Crippen molar-refractivity contribution in [2.75, 3.05) is 19.1 Å². The maximum absolute atomic E-state index is 13.7. The molecule has 1 aliphatic rings. The third-order valence-corrected chi connectivity index (χ3v) is 7.66. The number of aliphatic imine (C=N–C) groups is 1. The van der Waals surface area contributed by atoms with Crippen molar-refractivity contribution >= 4 is 29.4 Å². The van der Waals surface area contributed by atoms with Crippen LogP contribution in [0.1, 0.15) is 27.8 Å². The summed E-state index contributed by atoms with van der Waals surface area (Å²) in [5.41, 5.74) is 5.68. The molecule has 44 heavy (non-hydrogen) atoms. The summed E-state index contributed by atoms with van der Waals surface area (Å²) in [5.74, 6) is 0.633. The van der Waals surface area contributed by atoms with Crippen molar-refractivity contribution in [3.8, 4) is 5.75 Å². The zero-order chi connectivity index (χ0) is 31.1. The third kappa shape index (κ3) is 7.18. The van der Waals surface area contributed by atoms with Gasteiger partial charge in [0.05, 0.1) is 25.0 Å². The van der Waals surface area contributed by atoms with Crippen LogP contribution < -0.4 is 15.0 Å². The first kappa shape index (κ1) is 30.2. The maximum atomic E-state index is 13.7. The molecule has 0 saturated heterocycles. The Kier molecular flexibility index (Phi) is 9.44. The number of rotatable bonds is 10. The van der Waals surface area contributed by atoms with Crippen LogP contribution in [0.2, 0.25) is 0 Å². The number of likely N-dealkylation sites (N-methyl/N-ethyl adjacent to an activating group) is 1. The Morgan fingerprint density at radius 2 is 1.55 bits per heavy atom. The van der Waals surface area contributed by atoms with Gasteiger partial charge in [0.1, 0.15) is 18.4 Å². The fourth-order valence-corrected chi connectivity index (χ4v) is 5.24. The molecule has 0 saturated carbocycles. The van der Waals surface area contributed by atoms with E-state index in [4.69, 9.17) is 14.5 Å². The van der Waals surface area contributed by atoms with Gasteiger partial charge in [0.25, 0.3) is 6.02 Å². The highest BCUT2D eigenvalue weighted by Crippen LogP contribution is 2.34. The summed E-state index contributed by atoms with van der Waals surface area (Å²) in [7, 11) is 3.40. The van der Waals surface area contributed by atoms with Gasteiger partial charge in [-0.1, -0.05) is 72.8 Å². The number of ether oxygens (including phenoxy) is 2. The molecule has 0 radical (unpaired) electrons. The number of amides is 2. The van der Waals surface area contributed by atoms with Crippen LogP contribution in [0.4, 0.5) is 16.2 Å². The Bertz CT molecular complexity index is 1620. The summed E-state index contributed by atoms with van der Waals surface area (Å²) in [5, 5.41) is 13.3. The van der Waals surface area contributed by atoms with Gasteiger partial charge in [0, 0.05) is 25.6 Å². The lowest BCUT2D eigenvalue weighted by molar-refractivity contribution is -0.132. The first-order valence-electron chi connectivity index (χ1n) is 14.4. The first-order valence-corrected chi connectivity index (χ1v) is 14.4. The molecule has 0 aromatic heterocycles. The van der Waals surface area contributed by atoms with Crippen LogP contribution in [0.25, 0.3) is 0 Å². The summed E-state index contributed by atoms with van der Waals surface area (Å²) in [6.07, 6.45) is -0.638. The van der Waals surface area contributed by atoms with Gasteiger partial charge in [0.15, 0.2) is 0 Å². The van der Waals surface area contributed by atoms with Gasteiger partial charge < -0.3 is 24.8 Å². The maximum Gasteiger partial charge on any atom is 0.412 e. The lowest BCUT2D eigenvalue weighted by Crippen LogP contribution is -2.49. The number of nitrogens with one attached hydrogen (secondary N) is 1. The van der Waals surface area contributed by atoms with E-state index in [1.165, 1.54) is 4.90 Å². The average Bonchev–Trinajstić information content (AvgIpc) is 3.04. The molecule has 4 aromatic carbocycles. The van der Waals surface area contributed by atoms with Crippen molar-refractivity contribution in [3.05, 3.63) is 125 Å². The van der Waals surface area contributed by atoms with Gasteiger partial charge in [-0.05, 0) is 53.4 Å². The highest BCUT2D eigenvalue weighted by Gasteiger charge is 2.28. The molecule has 0 spiro atoms. The number of nitrogens with zero attached hydrogens (tertiary/aromatic N) is 3. The van der Waals surface area contributed by atoms with E-state index in [9.17, 15) is 14.7 Å². The minimum absolute atomic E-state index is 0.105. The molecule has 4 aromatic rings. The number of anilines is 1. The van der Waals surface area contributed by atoms with Crippen molar-refractivity contribution in [1.29, 1.82) is 0 Å². The second-order valence-corrected chi connectivity index (χ2v) is 10.7. The van der Waals surface area contributed by atoms with E-state index in [-0.39, 0.29) is 25.1 Å². The molecule has 0 aliphatic carbocycles. The number of amidine groups is 1.